The minimum atomic E-state index is -0.466. The van der Waals surface area contributed by atoms with Gasteiger partial charge in [0.15, 0.2) is 16.2 Å². The van der Waals surface area contributed by atoms with Gasteiger partial charge in [0.25, 0.3) is 11.5 Å². The van der Waals surface area contributed by atoms with Crippen LogP contribution >= 0.6 is 15.9 Å². The monoisotopic (exact) mass is 455 g/mol. The van der Waals surface area contributed by atoms with Gasteiger partial charge in [-0.2, -0.15) is 9.78 Å². The van der Waals surface area contributed by atoms with Crippen molar-refractivity contribution in [2.75, 3.05) is 5.32 Å². The number of carbonyl (C=O) groups excluding carboxylic acids is 1. The van der Waals surface area contributed by atoms with Crippen molar-refractivity contribution < 1.29 is 13.6 Å². The Labute approximate surface area is 171 Å². The van der Waals surface area contributed by atoms with E-state index < -0.39 is 5.91 Å². The number of carbonyl (C=O) groups is 1. The molecule has 0 spiro atoms. The van der Waals surface area contributed by atoms with E-state index in [0.29, 0.717) is 33.9 Å². The second-order valence-electron chi connectivity index (χ2n) is 6.53. The van der Waals surface area contributed by atoms with Crippen LogP contribution in [0.3, 0.4) is 0 Å². The summed E-state index contributed by atoms with van der Waals surface area (Å²) in [5, 5.41) is 7.23. The number of amides is 1. The molecule has 0 aromatic carbocycles. The summed E-state index contributed by atoms with van der Waals surface area (Å²) >= 11 is 3.18. The Morgan fingerprint density at radius 1 is 1.28 bits per heavy atom. The van der Waals surface area contributed by atoms with E-state index in [1.54, 1.807) is 30.3 Å². The molecule has 4 aromatic rings. The maximum absolute atomic E-state index is 12.6. The van der Waals surface area contributed by atoms with E-state index in [9.17, 15) is 9.59 Å². The summed E-state index contributed by atoms with van der Waals surface area (Å²) in [6.07, 6.45) is 3.87. The average Bonchev–Trinajstić information content (AvgIpc) is 3.48. The number of halogens is 1. The smallest absolute Gasteiger partial charge is 0.292 e. The standard InChI is InChI=1S/C19H14BrN5O4/c20-15-7-6-14(29-15)18(27)22-16-9-12(13-5-2-8-28-13)24-25(16)19-21-11-4-1-3-10(11)17(26)23-19/h2,5-9H,1,3-4H2,(H,22,27)(H,21,23,26). The number of fused-ring (bicyclic) bond motifs is 1. The van der Waals surface area contributed by atoms with Crippen LogP contribution in [-0.2, 0) is 12.8 Å². The number of H-pyrrole nitrogens is 1. The van der Waals surface area contributed by atoms with Crippen LogP contribution in [0.2, 0.25) is 0 Å². The number of hydrogen-bond acceptors (Lipinski definition) is 6. The van der Waals surface area contributed by atoms with Crippen molar-refractivity contribution in [2.24, 2.45) is 0 Å². The van der Waals surface area contributed by atoms with Crippen molar-refractivity contribution in [3.05, 3.63) is 68.6 Å². The largest absolute Gasteiger partial charge is 0.463 e. The molecular formula is C19H14BrN5O4. The molecule has 1 aliphatic rings. The molecule has 146 valence electrons. The molecule has 0 saturated heterocycles. The average molecular weight is 456 g/mol. The summed E-state index contributed by atoms with van der Waals surface area (Å²) in [5.41, 5.74) is 1.75. The Kier molecular flexibility index (Phi) is 4.20. The molecular weight excluding hydrogens is 442 g/mol. The number of anilines is 1. The zero-order valence-corrected chi connectivity index (χ0v) is 16.5. The number of nitrogens with zero attached hydrogens (tertiary/aromatic N) is 3. The highest BCUT2D eigenvalue weighted by Crippen LogP contribution is 2.26. The van der Waals surface area contributed by atoms with Gasteiger partial charge in [-0.25, -0.2) is 4.98 Å². The van der Waals surface area contributed by atoms with E-state index in [1.807, 2.05) is 0 Å². The Balaban J connectivity index is 1.59. The van der Waals surface area contributed by atoms with E-state index in [2.05, 4.69) is 36.3 Å². The normalized spacial score (nSPS) is 12.9. The highest BCUT2D eigenvalue weighted by atomic mass is 79.9. The summed E-state index contributed by atoms with van der Waals surface area (Å²) in [6, 6.07) is 8.30. The summed E-state index contributed by atoms with van der Waals surface area (Å²) in [7, 11) is 0. The number of nitrogens with one attached hydrogen (secondary N) is 2. The highest BCUT2D eigenvalue weighted by molar-refractivity contribution is 9.10. The molecule has 0 fully saturated rings. The molecule has 1 amide bonds. The first-order chi connectivity index (χ1) is 14.1. The molecule has 29 heavy (non-hydrogen) atoms. The Hall–Kier alpha value is -3.40. The van der Waals surface area contributed by atoms with E-state index >= 15 is 0 Å². The predicted molar refractivity (Wildman–Crippen MR) is 106 cm³/mol. The molecule has 9 nitrogen and oxygen atoms in total. The number of aromatic amines is 1. The lowest BCUT2D eigenvalue weighted by Gasteiger charge is -2.08. The third-order valence-electron chi connectivity index (χ3n) is 4.65. The molecule has 0 saturated carbocycles. The summed E-state index contributed by atoms with van der Waals surface area (Å²) in [4.78, 5) is 32.3. The Morgan fingerprint density at radius 2 is 2.17 bits per heavy atom. The first kappa shape index (κ1) is 17.7. The first-order valence-electron chi connectivity index (χ1n) is 8.91. The summed E-state index contributed by atoms with van der Waals surface area (Å²) < 4.78 is 12.5. The van der Waals surface area contributed by atoms with Gasteiger partial charge in [-0.15, -0.1) is 0 Å². The lowest BCUT2D eigenvalue weighted by atomic mass is 10.3. The Bertz CT molecular complexity index is 1270. The Morgan fingerprint density at radius 3 is 2.93 bits per heavy atom. The van der Waals surface area contributed by atoms with Crippen molar-refractivity contribution in [2.45, 2.75) is 19.3 Å². The van der Waals surface area contributed by atoms with Crippen LogP contribution < -0.4 is 10.9 Å². The molecule has 0 atom stereocenters. The fourth-order valence-electron chi connectivity index (χ4n) is 3.32. The zero-order chi connectivity index (χ0) is 20.0. The molecule has 4 aromatic heterocycles. The van der Waals surface area contributed by atoms with Crippen molar-refractivity contribution in [1.82, 2.24) is 19.7 Å². The maximum atomic E-state index is 12.6. The molecule has 1 aliphatic carbocycles. The number of aromatic nitrogens is 4. The van der Waals surface area contributed by atoms with Crippen LogP contribution in [-0.4, -0.2) is 25.7 Å². The van der Waals surface area contributed by atoms with Gasteiger partial charge in [-0.1, -0.05) is 0 Å². The summed E-state index contributed by atoms with van der Waals surface area (Å²) in [5.74, 6) is 0.717. The molecule has 0 unspecified atom stereocenters. The van der Waals surface area contributed by atoms with Gasteiger partial charge in [0, 0.05) is 11.6 Å². The molecule has 2 N–H and O–H groups in total. The van der Waals surface area contributed by atoms with Crippen LogP contribution in [0.1, 0.15) is 28.2 Å². The predicted octanol–water partition coefficient (Wildman–Crippen LogP) is 3.31. The quantitative estimate of drug-likeness (QED) is 0.487. The molecule has 0 aliphatic heterocycles. The van der Waals surface area contributed by atoms with Crippen LogP contribution in [0.15, 0.2) is 54.9 Å². The van der Waals surface area contributed by atoms with Crippen molar-refractivity contribution in [3.8, 4) is 17.4 Å². The van der Waals surface area contributed by atoms with Gasteiger partial charge >= 0.3 is 0 Å². The van der Waals surface area contributed by atoms with Gasteiger partial charge in [0.1, 0.15) is 11.5 Å². The second kappa shape index (κ2) is 6.89. The second-order valence-corrected chi connectivity index (χ2v) is 7.31. The zero-order valence-electron chi connectivity index (χ0n) is 14.9. The third-order valence-corrected chi connectivity index (χ3v) is 5.08. The van der Waals surface area contributed by atoms with E-state index in [-0.39, 0.29) is 17.3 Å². The van der Waals surface area contributed by atoms with Crippen molar-refractivity contribution >= 4 is 27.7 Å². The van der Waals surface area contributed by atoms with Gasteiger partial charge in [0.2, 0.25) is 5.95 Å². The minimum absolute atomic E-state index is 0.125. The summed E-state index contributed by atoms with van der Waals surface area (Å²) in [6.45, 7) is 0. The maximum Gasteiger partial charge on any atom is 0.292 e. The van der Waals surface area contributed by atoms with E-state index in [0.717, 1.165) is 18.5 Å². The van der Waals surface area contributed by atoms with Crippen LogP contribution in [0.25, 0.3) is 17.4 Å². The van der Waals surface area contributed by atoms with Crippen LogP contribution in [0.5, 0.6) is 0 Å². The number of hydrogen-bond donors (Lipinski definition) is 2. The number of furan rings is 2. The van der Waals surface area contributed by atoms with Crippen molar-refractivity contribution in [3.63, 3.8) is 0 Å². The third kappa shape index (κ3) is 3.21. The van der Waals surface area contributed by atoms with Crippen molar-refractivity contribution in [1.29, 1.82) is 0 Å². The van der Waals surface area contributed by atoms with Gasteiger partial charge < -0.3 is 14.2 Å². The molecule has 5 rings (SSSR count). The van der Waals surface area contributed by atoms with Crippen LogP contribution in [0, 0.1) is 0 Å². The lowest BCUT2D eigenvalue weighted by Crippen LogP contribution is -2.21. The number of rotatable bonds is 4. The topological polar surface area (TPSA) is 119 Å². The molecule has 0 radical (unpaired) electrons. The molecule has 10 heteroatoms. The van der Waals surface area contributed by atoms with Gasteiger partial charge in [0.05, 0.1) is 12.0 Å². The fraction of sp³-hybridized carbons (Fsp3) is 0.158. The van der Waals surface area contributed by atoms with Crippen LogP contribution in [0.4, 0.5) is 5.82 Å². The van der Waals surface area contributed by atoms with Gasteiger partial charge in [-0.3, -0.25) is 14.6 Å². The molecule has 0 bridgehead atoms. The van der Waals surface area contributed by atoms with Gasteiger partial charge in [-0.05, 0) is 59.5 Å². The fourth-order valence-corrected chi connectivity index (χ4v) is 3.63. The number of aryl methyl sites for hydroxylation is 1. The minimum Gasteiger partial charge on any atom is -0.463 e. The first-order valence-corrected chi connectivity index (χ1v) is 9.71. The molecule has 4 heterocycles. The highest BCUT2D eigenvalue weighted by Gasteiger charge is 2.22. The van der Waals surface area contributed by atoms with E-state index in [1.165, 1.54) is 10.9 Å². The lowest BCUT2D eigenvalue weighted by molar-refractivity contribution is 0.0994. The SMILES string of the molecule is O=C(Nc1cc(-c2ccco2)nn1-c1nc2c(c(=O)[nH]1)CCC2)c1ccc(Br)o1. The van der Waals surface area contributed by atoms with E-state index in [4.69, 9.17) is 8.83 Å².